The van der Waals surface area contributed by atoms with E-state index in [1.807, 2.05) is 4.90 Å². The molecule has 0 unspecified atom stereocenters. The fraction of sp³-hybridized carbons (Fsp3) is 0.263. The number of hydrogen-bond acceptors (Lipinski definition) is 5. The SMILES string of the molecule is O=C(NC(=S)Nc1ccc(F)cc1F)c1ccc(N2CCCCC2)c([N+](=O)[O-])c1. The molecule has 1 fully saturated rings. The van der Waals surface area contributed by atoms with Gasteiger partial charge in [0.15, 0.2) is 5.11 Å². The lowest BCUT2D eigenvalue weighted by atomic mass is 10.1. The number of halogens is 2. The van der Waals surface area contributed by atoms with Crippen LogP contribution in [0.3, 0.4) is 0 Å². The normalized spacial score (nSPS) is 13.7. The minimum absolute atomic E-state index is 0.0428. The van der Waals surface area contributed by atoms with Crippen LogP contribution in [0.2, 0.25) is 0 Å². The summed E-state index contributed by atoms with van der Waals surface area (Å²) in [5, 5.41) is 16.1. The Morgan fingerprint density at radius 3 is 2.48 bits per heavy atom. The smallest absolute Gasteiger partial charge is 0.293 e. The molecule has 0 bridgehead atoms. The van der Waals surface area contributed by atoms with E-state index < -0.39 is 22.5 Å². The van der Waals surface area contributed by atoms with Crippen molar-refractivity contribution in [3.8, 4) is 0 Å². The molecule has 2 N–H and O–H groups in total. The Morgan fingerprint density at radius 1 is 1.10 bits per heavy atom. The maximum atomic E-state index is 13.7. The van der Waals surface area contributed by atoms with Crippen molar-refractivity contribution in [1.29, 1.82) is 0 Å². The van der Waals surface area contributed by atoms with E-state index in [0.717, 1.165) is 44.5 Å². The number of piperidine rings is 1. The van der Waals surface area contributed by atoms with E-state index in [-0.39, 0.29) is 22.1 Å². The molecule has 2 aromatic carbocycles. The number of carbonyl (C=O) groups is 1. The van der Waals surface area contributed by atoms with Gasteiger partial charge in [0.2, 0.25) is 0 Å². The molecule has 1 aliphatic heterocycles. The van der Waals surface area contributed by atoms with Crippen molar-refractivity contribution < 1.29 is 18.5 Å². The number of amides is 1. The van der Waals surface area contributed by atoms with Crippen LogP contribution in [-0.4, -0.2) is 29.0 Å². The van der Waals surface area contributed by atoms with Crippen LogP contribution in [0.5, 0.6) is 0 Å². The number of nitrogens with zero attached hydrogens (tertiary/aromatic N) is 2. The Labute approximate surface area is 170 Å². The van der Waals surface area contributed by atoms with Crippen LogP contribution in [-0.2, 0) is 0 Å². The molecule has 0 saturated carbocycles. The monoisotopic (exact) mass is 420 g/mol. The van der Waals surface area contributed by atoms with Gasteiger partial charge >= 0.3 is 0 Å². The Bertz CT molecular complexity index is 964. The van der Waals surface area contributed by atoms with Crippen LogP contribution < -0.4 is 15.5 Å². The third-order valence-corrected chi connectivity index (χ3v) is 4.74. The average Bonchev–Trinajstić information content (AvgIpc) is 2.70. The maximum absolute atomic E-state index is 13.7. The lowest BCUT2D eigenvalue weighted by molar-refractivity contribution is -0.384. The minimum atomic E-state index is -0.872. The predicted molar refractivity (Wildman–Crippen MR) is 109 cm³/mol. The first kappa shape index (κ1) is 20.6. The Hall–Kier alpha value is -3.14. The lowest BCUT2D eigenvalue weighted by Gasteiger charge is -2.28. The highest BCUT2D eigenvalue weighted by atomic mass is 32.1. The first-order valence-electron chi connectivity index (χ1n) is 8.96. The van der Waals surface area contributed by atoms with Crippen molar-refractivity contribution in [2.75, 3.05) is 23.3 Å². The number of hydrogen-bond donors (Lipinski definition) is 2. The molecule has 0 radical (unpaired) electrons. The van der Waals surface area contributed by atoms with E-state index in [9.17, 15) is 23.7 Å². The van der Waals surface area contributed by atoms with Crippen LogP contribution in [0.4, 0.5) is 25.8 Å². The molecule has 0 atom stereocenters. The van der Waals surface area contributed by atoms with E-state index in [2.05, 4.69) is 10.6 Å². The molecule has 2 aromatic rings. The van der Waals surface area contributed by atoms with Crippen molar-refractivity contribution in [3.63, 3.8) is 0 Å². The third-order valence-electron chi connectivity index (χ3n) is 4.54. The third kappa shape index (κ3) is 5.02. The fourth-order valence-electron chi connectivity index (χ4n) is 3.13. The highest BCUT2D eigenvalue weighted by Crippen LogP contribution is 2.31. The Balaban J connectivity index is 1.73. The summed E-state index contributed by atoms with van der Waals surface area (Å²) < 4.78 is 26.6. The second kappa shape index (κ2) is 8.91. The number of rotatable bonds is 4. The van der Waals surface area contributed by atoms with Gasteiger partial charge in [-0.15, -0.1) is 0 Å². The molecule has 1 heterocycles. The fourth-order valence-corrected chi connectivity index (χ4v) is 3.34. The molecule has 152 valence electrons. The van der Waals surface area contributed by atoms with Crippen molar-refractivity contribution in [2.24, 2.45) is 0 Å². The molecule has 3 rings (SSSR count). The van der Waals surface area contributed by atoms with Gasteiger partial charge in [-0.05, 0) is 55.7 Å². The largest absolute Gasteiger partial charge is 0.366 e. The van der Waals surface area contributed by atoms with E-state index in [4.69, 9.17) is 12.2 Å². The molecule has 1 aliphatic rings. The zero-order valence-electron chi connectivity index (χ0n) is 15.3. The average molecular weight is 420 g/mol. The van der Waals surface area contributed by atoms with Crippen molar-refractivity contribution >= 4 is 40.3 Å². The van der Waals surface area contributed by atoms with Gasteiger partial charge in [0.25, 0.3) is 11.6 Å². The standard InChI is InChI=1S/C19H18F2N4O3S/c20-13-5-6-15(14(21)11-13)22-19(29)23-18(26)12-4-7-16(17(10-12)25(27)28)24-8-2-1-3-9-24/h4-7,10-11H,1-3,8-9H2,(H2,22,23,26,29). The van der Waals surface area contributed by atoms with Crippen LogP contribution in [0.25, 0.3) is 0 Å². The van der Waals surface area contributed by atoms with Crippen molar-refractivity contribution in [1.82, 2.24) is 5.32 Å². The maximum Gasteiger partial charge on any atom is 0.293 e. The van der Waals surface area contributed by atoms with E-state index in [1.165, 1.54) is 12.1 Å². The molecule has 0 aromatic heterocycles. The molecular weight excluding hydrogens is 402 g/mol. The lowest BCUT2D eigenvalue weighted by Crippen LogP contribution is -2.34. The van der Waals surface area contributed by atoms with E-state index in [1.54, 1.807) is 6.07 Å². The molecule has 10 heteroatoms. The molecule has 29 heavy (non-hydrogen) atoms. The second-order valence-corrected chi connectivity index (χ2v) is 6.95. The topological polar surface area (TPSA) is 87.5 Å². The first-order valence-corrected chi connectivity index (χ1v) is 9.37. The number of benzene rings is 2. The second-order valence-electron chi connectivity index (χ2n) is 6.54. The van der Waals surface area contributed by atoms with Gasteiger partial charge in [0, 0.05) is 30.8 Å². The summed E-state index contributed by atoms with van der Waals surface area (Å²) in [6.07, 6.45) is 3.00. The number of nitro benzene ring substituents is 1. The van der Waals surface area contributed by atoms with E-state index >= 15 is 0 Å². The zero-order valence-corrected chi connectivity index (χ0v) is 16.1. The number of thiocarbonyl (C=S) groups is 1. The summed E-state index contributed by atoms with van der Waals surface area (Å²) in [7, 11) is 0. The number of nitro groups is 1. The quantitative estimate of drug-likeness (QED) is 0.442. The predicted octanol–water partition coefficient (Wildman–Crippen LogP) is 3.99. The number of anilines is 2. The summed E-state index contributed by atoms with van der Waals surface area (Å²) in [5.41, 5.74) is 0.243. The molecule has 0 spiro atoms. The van der Waals surface area contributed by atoms with Gasteiger partial charge in [0.05, 0.1) is 10.6 Å². The van der Waals surface area contributed by atoms with Gasteiger partial charge in [-0.1, -0.05) is 0 Å². The highest BCUT2D eigenvalue weighted by molar-refractivity contribution is 7.80. The Kier molecular flexibility index (Phi) is 6.32. The van der Waals surface area contributed by atoms with E-state index in [0.29, 0.717) is 11.8 Å². The highest BCUT2D eigenvalue weighted by Gasteiger charge is 2.23. The zero-order chi connectivity index (χ0) is 21.0. The van der Waals surface area contributed by atoms with Crippen LogP contribution in [0.15, 0.2) is 36.4 Å². The van der Waals surface area contributed by atoms with Crippen LogP contribution in [0.1, 0.15) is 29.6 Å². The van der Waals surface area contributed by atoms with Gasteiger partial charge in [-0.3, -0.25) is 20.2 Å². The summed E-state index contributed by atoms with van der Waals surface area (Å²) >= 11 is 4.97. The molecule has 1 amide bonds. The summed E-state index contributed by atoms with van der Waals surface area (Å²) in [5.74, 6) is -2.30. The summed E-state index contributed by atoms with van der Waals surface area (Å²) in [6.45, 7) is 1.45. The van der Waals surface area contributed by atoms with Crippen molar-refractivity contribution in [2.45, 2.75) is 19.3 Å². The number of carbonyl (C=O) groups excluding carboxylic acids is 1. The van der Waals surface area contributed by atoms with Crippen molar-refractivity contribution in [3.05, 3.63) is 63.7 Å². The van der Waals surface area contributed by atoms with Crippen LogP contribution >= 0.6 is 12.2 Å². The van der Waals surface area contributed by atoms with Gasteiger partial charge in [-0.25, -0.2) is 8.78 Å². The van der Waals surface area contributed by atoms with Gasteiger partial charge in [-0.2, -0.15) is 0 Å². The first-order chi connectivity index (χ1) is 13.8. The molecule has 0 aliphatic carbocycles. The molecule has 7 nitrogen and oxygen atoms in total. The number of nitrogens with one attached hydrogen (secondary N) is 2. The van der Waals surface area contributed by atoms with Gasteiger partial charge in [0.1, 0.15) is 17.3 Å². The van der Waals surface area contributed by atoms with Crippen LogP contribution in [0, 0.1) is 21.7 Å². The molecular formula is C19H18F2N4O3S. The van der Waals surface area contributed by atoms with Gasteiger partial charge < -0.3 is 10.2 Å². The minimum Gasteiger partial charge on any atom is -0.366 e. The Morgan fingerprint density at radius 2 is 1.83 bits per heavy atom. The molecule has 1 saturated heterocycles. The summed E-state index contributed by atoms with van der Waals surface area (Å²) in [6, 6.07) is 7.08. The summed E-state index contributed by atoms with van der Waals surface area (Å²) in [4.78, 5) is 25.3.